The van der Waals surface area contributed by atoms with Gasteiger partial charge in [0.1, 0.15) is 11.6 Å². The van der Waals surface area contributed by atoms with Crippen LogP contribution in [0.2, 0.25) is 0 Å². The lowest BCUT2D eigenvalue weighted by molar-refractivity contribution is 0.893. The fourth-order valence-electron chi connectivity index (χ4n) is 2.59. The Kier molecular flexibility index (Phi) is 3.67. The monoisotopic (exact) mass is 379 g/mol. The van der Waals surface area contributed by atoms with Crippen LogP contribution in [0, 0.1) is 17.4 Å². The van der Waals surface area contributed by atoms with Gasteiger partial charge in [0.05, 0.1) is 9.26 Å². The van der Waals surface area contributed by atoms with E-state index in [0.29, 0.717) is 11.7 Å². The van der Waals surface area contributed by atoms with Crippen molar-refractivity contribution >= 4 is 28.4 Å². The minimum absolute atomic E-state index is 0.602. The molecule has 1 aromatic heterocycles. The number of anilines is 1. The predicted molar refractivity (Wildman–Crippen MR) is 89.9 cm³/mol. The van der Waals surface area contributed by atoms with Gasteiger partial charge in [0.25, 0.3) is 0 Å². The maximum atomic E-state index is 6.04. The Balaban J connectivity index is 1.94. The van der Waals surface area contributed by atoms with Gasteiger partial charge in [0.2, 0.25) is 0 Å². The minimum Gasteiger partial charge on any atom is -0.383 e. The van der Waals surface area contributed by atoms with Gasteiger partial charge in [-0.2, -0.15) is 0 Å². The molecular formula is C16H18IN3. The molecule has 104 valence electrons. The first-order chi connectivity index (χ1) is 9.52. The van der Waals surface area contributed by atoms with Crippen LogP contribution in [0.25, 0.3) is 0 Å². The summed E-state index contributed by atoms with van der Waals surface area (Å²) < 4.78 is 1.04. The van der Waals surface area contributed by atoms with Crippen molar-refractivity contribution in [1.29, 1.82) is 0 Å². The summed E-state index contributed by atoms with van der Waals surface area (Å²) in [5.74, 6) is 2.07. The first-order valence-corrected chi connectivity index (χ1v) is 8.00. The number of hydrogen-bond acceptors (Lipinski definition) is 3. The number of benzene rings is 1. The zero-order valence-corrected chi connectivity index (χ0v) is 13.9. The molecule has 20 heavy (non-hydrogen) atoms. The molecule has 2 N–H and O–H groups in total. The summed E-state index contributed by atoms with van der Waals surface area (Å²) >= 11 is 2.27. The number of aromatic nitrogens is 2. The number of halogens is 1. The highest BCUT2D eigenvalue weighted by Crippen LogP contribution is 2.41. The van der Waals surface area contributed by atoms with E-state index in [2.05, 4.69) is 59.6 Å². The van der Waals surface area contributed by atoms with Crippen LogP contribution in [0.1, 0.15) is 47.0 Å². The summed E-state index contributed by atoms with van der Waals surface area (Å²) in [6.45, 7) is 4.24. The first-order valence-electron chi connectivity index (χ1n) is 6.92. The van der Waals surface area contributed by atoms with Gasteiger partial charge >= 0.3 is 0 Å². The van der Waals surface area contributed by atoms with E-state index in [-0.39, 0.29) is 0 Å². The van der Waals surface area contributed by atoms with E-state index in [1.54, 1.807) is 0 Å². The standard InChI is InChI=1S/C16H18IN3/c1-9-5-10(2)7-11(6-9)8-13-19-15(12-3-4-12)14(17)16(18)20-13/h5-7,12H,3-4,8H2,1-2H3,(H2,18,19,20). The second-order valence-electron chi connectivity index (χ2n) is 5.67. The normalized spacial score (nSPS) is 14.6. The molecule has 1 fully saturated rings. The highest BCUT2D eigenvalue weighted by molar-refractivity contribution is 14.1. The molecule has 0 amide bonds. The third-order valence-corrected chi connectivity index (χ3v) is 4.66. The van der Waals surface area contributed by atoms with E-state index in [1.807, 2.05) is 0 Å². The van der Waals surface area contributed by atoms with E-state index in [4.69, 9.17) is 10.7 Å². The molecule has 1 heterocycles. The lowest BCUT2D eigenvalue weighted by Gasteiger charge is -2.09. The van der Waals surface area contributed by atoms with Crippen LogP contribution in [0.3, 0.4) is 0 Å². The molecule has 3 nitrogen and oxygen atoms in total. The van der Waals surface area contributed by atoms with Crippen LogP contribution in [0.5, 0.6) is 0 Å². The second-order valence-corrected chi connectivity index (χ2v) is 6.75. The average molecular weight is 379 g/mol. The van der Waals surface area contributed by atoms with Crippen molar-refractivity contribution in [2.24, 2.45) is 0 Å². The van der Waals surface area contributed by atoms with Crippen LogP contribution >= 0.6 is 22.6 Å². The third kappa shape index (κ3) is 2.95. The summed E-state index contributed by atoms with van der Waals surface area (Å²) in [7, 11) is 0. The maximum absolute atomic E-state index is 6.04. The molecule has 0 unspecified atom stereocenters. The Morgan fingerprint density at radius 2 is 1.80 bits per heavy atom. The molecule has 0 aliphatic heterocycles. The number of rotatable bonds is 3. The summed E-state index contributed by atoms with van der Waals surface area (Å²) in [4.78, 5) is 9.21. The summed E-state index contributed by atoms with van der Waals surface area (Å²) in [6.07, 6.45) is 3.22. The van der Waals surface area contributed by atoms with Crippen LogP contribution in [-0.4, -0.2) is 9.97 Å². The molecule has 4 heteroatoms. The van der Waals surface area contributed by atoms with Crippen molar-refractivity contribution in [2.45, 2.75) is 39.0 Å². The largest absolute Gasteiger partial charge is 0.383 e. The minimum atomic E-state index is 0.602. The van der Waals surface area contributed by atoms with Crippen molar-refractivity contribution in [3.8, 4) is 0 Å². The average Bonchev–Trinajstić information content (AvgIpc) is 3.16. The number of nitrogens with zero attached hydrogens (tertiary/aromatic N) is 2. The van der Waals surface area contributed by atoms with Gasteiger partial charge < -0.3 is 5.73 Å². The molecule has 0 spiro atoms. The molecule has 1 saturated carbocycles. The van der Waals surface area contributed by atoms with Crippen LogP contribution in [0.4, 0.5) is 5.82 Å². The van der Waals surface area contributed by atoms with Gasteiger partial charge in [-0.3, -0.25) is 0 Å². The van der Waals surface area contributed by atoms with Gasteiger partial charge in [-0.05, 0) is 54.8 Å². The van der Waals surface area contributed by atoms with E-state index in [9.17, 15) is 0 Å². The molecule has 0 bridgehead atoms. The summed E-state index contributed by atoms with van der Waals surface area (Å²) in [5.41, 5.74) is 11.0. The fraction of sp³-hybridized carbons (Fsp3) is 0.375. The van der Waals surface area contributed by atoms with Crippen LogP contribution in [0.15, 0.2) is 18.2 Å². The zero-order valence-electron chi connectivity index (χ0n) is 11.8. The molecule has 2 aromatic rings. The first kappa shape index (κ1) is 13.8. The highest BCUT2D eigenvalue weighted by atomic mass is 127. The Hall–Kier alpha value is -1.17. The Bertz CT molecular complexity index is 643. The maximum Gasteiger partial charge on any atom is 0.140 e. The summed E-state index contributed by atoms with van der Waals surface area (Å²) in [6, 6.07) is 6.57. The predicted octanol–water partition coefficient (Wildman–Crippen LogP) is 3.75. The molecular weight excluding hydrogens is 361 g/mol. The highest BCUT2D eigenvalue weighted by Gasteiger charge is 2.28. The molecule has 1 aromatic carbocycles. The van der Waals surface area contributed by atoms with E-state index < -0.39 is 0 Å². The van der Waals surface area contributed by atoms with Gasteiger partial charge in [-0.15, -0.1) is 0 Å². The van der Waals surface area contributed by atoms with E-state index in [0.717, 1.165) is 21.5 Å². The van der Waals surface area contributed by atoms with Crippen molar-refractivity contribution < 1.29 is 0 Å². The van der Waals surface area contributed by atoms with Crippen molar-refractivity contribution in [3.63, 3.8) is 0 Å². The van der Waals surface area contributed by atoms with Crippen molar-refractivity contribution in [3.05, 3.63) is 50.0 Å². The second kappa shape index (κ2) is 5.31. The smallest absolute Gasteiger partial charge is 0.140 e. The number of aryl methyl sites for hydroxylation is 2. The van der Waals surface area contributed by atoms with Gasteiger partial charge in [0.15, 0.2) is 0 Å². The fourth-order valence-corrected chi connectivity index (χ4v) is 3.27. The van der Waals surface area contributed by atoms with E-state index >= 15 is 0 Å². The molecule has 0 radical (unpaired) electrons. The van der Waals surface area contributed by atoms with Gasteiger partial charge in [0, 0.05) is 12.3 Å². The SMILES string of the molecule is Cc1cc(C)cc(Cc2nc(N)c(I)c(C3CC3)n2)c1. The lowest BCUT2D eigenvalue weighted by Crippen LogP contribution is -2.07. The number of hydrogen-bond donors (Lipinski definition) is 1. The number of nitrogen functional groups attached to an aromatic ring is 1. The van der Waals surface area contributed by atoms with E-state index in [1.165, 1.54) is 29.5 Å². The lowest BCUT2D eigenvalue weighted by atomic mass is 10.0. The van der Waals surface area contributed by atoms with Crippen LogP contribution in [-0.2, 0) is 6.42 Å². The Morgan fingerprint density at radius 1 is 1.15 bits per heavy atom. The zero-order chi connectivity index (χ0) is 14.3. The molecule has 1 aliphatic rings. The molecule has 0 saturated heterocycles. The Morgan fingerprint density at radius 3 is 2.40 bits per heavy atom. The van der Waals surface area contributed by atoms with Gasteiger partial charge in [-0.25, -0.2) is 9.97 Å². The molecule has 3 rings (SSSR count). The van der Waals surface area contributed by atoms with Crippen molar-refractivity contribution in [2.75, 3.05) is 5.73 Å². The number of nitrogens with two attached hydrogens (primary N) is 1. The van der Waals surface area contributed by atoms with Gasteiger partial charge in [-0.1, -0.05) is 29.3 Å². The van der Waals surface area contributed by atoms with Crippen molar-refractivity contribution in [1.82, 2.24) is 9.97 Å². The topological polar surface area (TPSA) is 51.8 Å². The molecule has 1 aliphatic carbocycles. The van der Waals surface area contributed by atoms with Crippen LogP contribution < -0.4 is 5.73 Å². The Labute approximate surface area is 133 Å². The third-order valence-electron chi connectivity index (χ3n) is 3.56. The summed E-state index contributed by atoms with van der Waals surface area (Å²) in [5, 5.41) is 0. The molecule has 0 atom stereocenters. The quantitative estimate of drug-likeness (QED) is 0.827.